The maximum atomic E-state index is 10.3. The van der Waals surface area contributed by atoms with E-state index in [4.69, 9.17) is 4.55 Å². The molecule has 0 saturated carbocycles. The SMILES string of the molecule is O=S(=O)(O)c1ccccn1.c1ccc2cc3ccccc3cc2c1. The Morgan fingerprint density at radius 2 is 1.08 bits per heavy atom. The summed E-state index contributed by atoms with van der Waals surface area (Å²) in [6.07, 6.45) is 1.29. The summed E-state index contributed by atoms with van der Waals surface area (Å²) in [4.78, 5) is 3.41. The Labute approximate surface area is 140 Å². The third-order valence-corrected chi connectivity index (χ3v) is 4.29. The highest BCUT2D eigenvalue weighted by Crippen LogP contribution is 2.22. The normalized spacial score (nSPS) is 11.0. The van der Waals surface area contributed by atoms with E-state index in [0.717, 1.165) is 0 Å². The Hall–Kier alpha value is -2.76. The molecule has 0 radical (unpaired) electrons. The van der Waals surface area contributed by atoms with E-state index in [1.807, 2.05) is 0 Å². The van der Waals surface area contributed by atoms with Crippen LogP contribution in [-0.4, -0.2) is 18.0 Å². The zero-order valence-corrected chi connectivity index (χ0v) is 13.5. The van der Waals surface area contributed by atoms with Gasteiger partial charge in [0.25, 0.3) is 0 Å². The largest absolute Gasteiger partial charge is 0.312 e. The Morgan fingerprint density at radius 1 is 0.667 bits per heavy atom. The molecule has 1 heterocycles. The lowest BCUT2D eigenvalue weighted by Crippen LogP contribution is -1.99. The van der Waals surface area contributed by atoms with Gasteiger partial charge in [0, 0.05) is 6.20 Å². The highest BCUT2D eigenvalue weighted by Gasteiger charge is 2.08. The molecule has 0 unspecified atom stereocenters. The van der Waals surface area contributed by atoms with Crippen molar-refractivity contribution in [3.63, 3.8) is 0 Å². The molecule has 1 aromatic heterocycles. The Kier molecular flexibility index (Phi) is 4.55. The van der Waals surface area contributed by atoms with Crippen molar-refractivity contribution in [1.29, 1.82) is 0 Å². The second-order valence-electron chi connectivity index (χ2n) is 5.19. The van der Waals surface area contributed by atoms with Crippen molar-refractivity contribution in [3.8, 4) is 0 Å². The molecule has 1 N–H and O–H groups in total. The predicted octanol–water partition coefficient (Wildman–Crippen LogP) is 4.32. The summed E-state index contributed by atoms with van der Waals surface area (Å²) in [5, 5.41) is 4.92. The summed E-state index contributed by atoms with van der Waals surface area (Å²) in [6, 6.07) is 25.7. The fourth-order valence-corrected chi connectivity index (χ4v) is 2.83. The van der Waals surface area contributed by atoms with Gasteiger partial charge in [0.15, 0.2) is 5.03 Å². The fourth-order valence-electron chi connectivity index (χ4n) is 2.38. The first kappa shape index (κ1) is 16.1. The summed E-state index contributed by atoms with van der Waals surface area (Å²) < 4.78 is 29.1. The molecule has 24 heavy (non-hydrogen) atoms. The van der Waals surface area contributed by atoms with Crippen LogP contribution in [0.25, 0.3) is 21.5 Å². The molecule has 0 spiro atoms. The zero-order chi connectivity index (χ0) is 17.0. The number of aromatic nitrogens is 1. The summed E-state index contributed by atoms with van der Waals surface area (Å²) in [5.41, 5.74) is 0. The van der Waals surface area contributed by atoms with Crippen LogP contribution < -0.4 is 0 Å². The Bertz CT molecular complexity index is 972. The highest BCUT2D eigenvalue weighted by atomic mass is 32.2. The van der Waals surface area contributed by atoms with E-state index in [-0.39, 0.29) is 5.03 Å². The average Bonchev–Trinajstić information content (AvgIpc) is 2.60. The molecular weight excluding hydrogens is 322 g/mol. The van der Waals surface area contributed by atoms with Crippen molar-refractivity contribution in [2.45, 2.75) is 5.03 Å². The minimum atomic E-state index is -4.11. The lowest BCUT2D eigenvalue weighted by atomic mass is 10.0. The van der Waals surface area contributed by atoms with Gasteiger partial charge < -0.3 is 0 Å². The van der Waals surface area contributed by atoms with Crippen molar-refractivity contribution in [2.75, 3.05) is 0 Å². The number of pyridine rings is 1. The van der Waals surface area contributed by atoms with Crippen LogP contribution >= 0.6 is 0 Å². The van der Waals surface area contributed by atoms with Crippen molar-refractivity contribution in [1.82, 2.24) is 4.98 Å². The van der Waals surface area contributed by atoms with Crippen LogP contribution in [0, 0.1) is 0 Å². The highest BCUT2D eigenvalue weighted by molar-refractivity contribution is 7.85. The number of hydrogen-bond donors (Lipinski definition) is 1. The molecule has 120 valence electrons. The quantitative estimate of drug-likeness (QED) is 0.415. The maximum absolute atomic E-state index is 10.3. The minimum Gasteiger partial charge on any atom is -0.281 e. The van der Waals surface area contributed by atoms with E-state index in [0.29, 0.717) is 0 Å². The van der Waals surface area contributed by atoms with Gasteiger partial charge in [-0.25, -0.2) is 4.98 Å². The Morgan fingerprint density at radius 3 is 1.38 bits per heavy atom. The average molecular weight is 337 g/mol. The van der Waals surface area contributed by atoms with Gasteiger partial charge in [0.05, 0.1) is 0 Å². The van der Waals surface area contributed by atoms with E-state index < -0.39 is 10.1 Å². The molecule has 5 heteroatoms. The first-order valence-electron chi connectivity index (χ1n) is 7.30. The molecule has 0 aliphatic heterocycles. The molecule has 4 aromatic rings. The molecule has 0 amide bonds. The number of nitrogens with zero attached hydrogens (tertiary/aromatic N) is 1. The standard InChI is InChI=1S/C14H10.C5H5NO3S/c1-2-6-12-10-14-8-4-3-7-13(14)9-11(12)5-1;7-10(8,9)5-3-1-2-4-6-5/h1-10H;1-4H,(H,7,8,9). The van der Waals surface area contributed by atoms with Crippen LogP contribution in [0.15, 0.2) is 90.1 Å². The second kappa shape index (κ2) is 6.78. The lowest BCUT2D eigenvalue weighted by Gasteiger charge is -2.00. The van der Waals surface area contributed by atoms with E-state index in [1.165, 1.54) is 39.9 Å². The molecule has 0 atom stereocenters. The van der Waals surface area contributed by atoms with Crippen LogP contribution in [0.1, 0.15) is 0 Å². The zero-order valence-electron chi connectivity index (χ0n) is 12.7. The summed E-state index contributed by atoms with van der Waals surface area (Å²) in [6.45, 7) is 0. The van der Waals surface area contributed by atoms with Gasteiger partial charge in [-0.1, -0.05) is 54.6 Å². The molecular formula is C19H15NO3S. The van der Waals surface area contributed by atoms with Crippen LogP contribution in [0.4, 0.5) is 0 Å². The third kappa shape index (κ3) is 3.76. The minimum absolute atomic E-state index is 0.324. The first-order valence-corrected chi connectivity index (χ1v) is 8.74. The van der Waals surface area contributed by atoms with E-state index in [1.54, 1.807) is 6.07 Å². The van der Waals surface area contributed by atoms with E-state index in [9.17, 15) is 8.42 Å². The van der Waals surface area contributed by atoms with Crippen LogP contribution in [0.5, 0.6) is 0 Å². The number of fused-ring (bicyclic) bond motifs is 2. The number of benzene rings is 3. The molecule has 0 saturated heterocycles. The monoisotopic (exact) mass is 337 g/mol. The van der Waals surface area contributed by atoms with Gasteiger partial charge in [0.1, 0.15) is 0 Å². The van der Waals surface area contributed by atoms with Gasteiger partial charge >= 0.3 is 10.1 Å². The smallest absolute Gasteiger partial charge is 0.281 e. The molecule has 0 fully saturated rings. The Balaban J connectivity index is 0.000000150. The van der Waals surface area contributed by atoms with Gasteiger partial charge in [-0.2, -0.15) is 8.42 Å². The maximum Gasteiger partial charge on any atom is 0.312 e. The number of rotatable bonds is 1. The first-order chi connectivity index (χ1) is 11.5. The summed E-state index contributed by atoms with van der Waals surface area (Å²) in [5.74, 6) is 0. The third-order valence-electron chi connectivity index (χ3n) is 3.52. The second-order valence-corrected chi connectivity index (χ2v) is 6.56. The molecule has 4 nitrogen and oxygen atoms in total. The van der Waals surface area contributed by atoms with Crippen molar-refractivity contribution >= 4 is 31.7 Å². The fraction of sp³-hybridized carbons (Fsp3) is 0. The summed E-state index contributed by atoms with van der Waals surface area (Å²) >= 11 is 0. The van der Waals surface area contributed by atoms with Crippen molar-refractivity contribution in [2.24, 2.45) is 0 Å². The van der Waals surface area contributed by atoms with Gasteiger partial charge in [0.2, 0.25) is 0 Å². The van der Waals surface area contributed by atoms with E-state index >= 15 is 0 Å². The lowest BCUT2D eigenvalue weighted by molar-refractivity contribution is 0.479. The van der Waals surface area contributed by atoms with Gasteiger partial charge in [-0.05, 0) is 45.8 Å². The van der Waals surface area contributed by atoms with Crippen LogP contribution in [0.2, 0.25) is 0 Å². The van der Waals surface area contributed by atoms with Crippen LogP contribution in [0.3, 0.4) is 0 Å². The van der Waals surface area contributed by atoms with Gasteiger partial charge in [-0.15, -0.1) is 0 Å². The summed E-state index contributed by atoms with van der Waals surface area (Å²) in [7, 11) is -4.11. The molecule has 3 aromatic carbocycles. The predicted molar refractivity (Wildman–Crippen MR) is 95.5 cm³/mol. The molecule has 0 aliphatic carbocycles. The molecule has 4 rings (SSSR count). The van der Waals surface area contributed by atoms with Crippen molar-refractivity contribution in [3.05, 3.63) is 85.1 Å². The topological polar surface area (TPSA) is 67.3 Å². The molecule has 0 aliphatic rings. The molecule has 0 bridgehead atoms. The van der Waals surface area contributed by atoms with E-state index in [2.05, 4.69) is 65.6 Å². The van der Waals surface area contributed by atoms with Gasteiger partial charge in [-0.3, -0.25) is 4.55 Å². The van der Waals surface area contributed by atoms with Crippen LogP contribution in [-0.2, 0) is 10.1 Å². The number of hydrogen-bond acceptors (Lipinski definition) is 3. The van der Waals surface area contributed by atoms with Crippen molar-refractivity contribution < 1.29 is 13.0 Å².